The molecule has 1 aromatic carbocycles. The molecule has 1 saturated heterocycles. The average Bonchev–Trinajstić information content (AvgIpc) is 3.15. The number of halogens is 1. The normalized spacial score (nSPS) is 16.4. The number of sulfonamides is 1. The van der Waals surface area contributed by atoms with Crippen LogP contribution in [-0.2, 0) is 21.4 Å². The van der Waals surface area contributed by atoms with E-state index in [4.69, 9.17) is 11.6 Å². The fraction of sp³-hybridized carbons (Fsp3) is 0.444. The van der Waals surface area contributed by atoms with Crippen molar-refractivity contribution in [3.63, 3.8) is 0 Å². The summed E-state index contributed by atoms with van der Waals surface area (Å²) in [5, 5.41) is 6.31. The fourth-order valence-corrected chi connectivity index (χ4v) is 5.59. The van der Waals surface area contributed by atoms with Gasteiger partial charge in [-0.1, -0.05) is 18.5 Å². The Morgan fingerprint density at radius 3 is 2.59 bits per heavy atom. The molecule has 146 valence electrons. The zero-order valence-corrected chi connectivity index (χ0v) is 17.4. The summed E-state index contributed by atoms with van der Waals surface area (Å²) in [4.78, 5) is 16.2. The number of nitrogens with zero attached hydrogens (tertiary/aromatic N) is 2. The molecule has 2 heterocycles. The molecule has 6 nitrogen and oxygen atoms in total. The first kappa shape index (κ1) is 20.3. The van der Waals surface area contributed by atoms with Crippen LogP contribution >= 0.6 is 22.9 Å². The molecule has 0 radical (unpaired) electrons. The maximum atomic E-state index is 12.8. The van der Waals surface area contributed by atoms with E-state index >= 15 is 0 Å². The van der Waals surface area contributed by atoms with Crippen LogP contribution in [0.25, 0.3) is 0 Å². The van der Waals surface area contributed by atoms with E-state index in [0.29, 0.717) is 31.1 Å². The summed E-state index contributed by atoms with van der Waals surface area (Å²) < 4.78 is 27.0. The Kier molecular flexibility index (Phi) is 6.52. The molecule has 1 amide bonds. The van der Waals surface area contributed by atoms with E-state index in [2.05, 4.69) is 10.3 Å². The molecule has 0 aliphatic carbocycles. The molecule has 1 N–H and O–H groups in total. The summed E-state index contributed by atoms with van der Waals surface area (Å²) in [6.45, 7) is 3.19. The third-order valence-corrected chi connectivity index (χ3v) is 7.83. The lowest BCUT2D eigenvalue weighted by atomic mass is 9.99. The van der Waals surface area contributed by atoms with Gasteiger partial charge in [0.05, 0.1) is 22.1 Å². The van der Waals surface area contributed by atoms with Crippen molar-refractivity contribution in [2.45, 2.75) is 43.5 Å². The van der Waals surface area contributed by atoms with Gasteiger partial charge in [-0.05, 0) is 37.1 Å². The number of piperidine rings is 1. The molecular weight excluding hydrogens is 406 g/mol. The van der Waals surface area contributed by atoms with Crippen molar-refractivity contribution in [3.05, 3.63) is 45.4 Å². The lowest BCUT2D eigenvalue weighted by Crippen LogP contribution is -2.37. The Morgan fingerprint density at radius 2 is 1.96 bits per heavy atom. The summed E-state index contributed by atoms with van der Waals surface area (Å²) in [5.41, 5.74) is 0.855. The third-order valence-electron chi connectivity index (χ3n) is 4.61. The van der Waals surface area contributed by atoms with E-state index in [9.17, 15) is 13.2 Å². The van der Waals surface area contributed by atoms with Crippen molar-refractivity contribution in [1.82, 2.24) is 14.6 Å². The topological polar surface area (TPSA) is 79.4 Å². The second kappa shape index (κ2) is 8.68. The van der Waals surface area contributed by atoms with Gasteiger partial charge in [-0.25, -0.2) is 13.4 Å². The molecule has 3 rings (SSSR count). The van der Waals surface area contributed by atoms with Crippen LogP contribution in [0.3, 0.4) is 0 Å². The van der Waals surface area contributed by atoms with Gasteiger partial charge in [0.2, 0.25) is 15.9 Å². The van der Waals surface area contributed by atoms with Gasteiger partial charge in [0.1, 0.15) is 0 Å². The van der Waals surface area contributed by atoms with Crippen molar-refractivity contribution in [2.24, 2.45) is 0 Å². The van der Waals surface area contributed by atoms with Crippen molar-refractivity contribution in [1.29, 1.82) is 0 Å². The maximum absolute atomic E-state index is 12.8. The first-order chi connectivity index (χ1) is 12.9. The van der Waals surface area contributed by atoms with Crippen LogP contribution in [0.5, 0.6) is 0 Å². The number of hydrogen-bond acceptors (Lipinski definition) is 5. The molecule has 1 aliphatic heterocycles. The van der Waals surface area contributed by atoms with Crippen molar-refractivity contribution >= 4 is 38.9 Å². The number of aromatic nitrogens is 1. The molecule has 1 aromatic heterocycles. The summed E-state index contributed by atoms with van der Waals surface area (Å²) in [7, 11) is -3.49. The highest BCUT2D eigenvalue weighted by molar-refractivity contribution is 7.89. The van der Waals surface area contributed by atoms with Gasteiger partial charge < -0.3 is 5.32 Å². The van der Waals surface area contributed by atoms with Crippen LogP contribution in [0.2, 0.25) is 5.02 Å². The third kappa shape index (κ3) is 4.87. The van der Waals surface area contributed by atoms with Gasteiger partial charge in [0.25, 0.3) is 0 Å². The first-order valence-electron chi connectivity index (χ1n) is 8.87. The number of benzene rings is 1. The van der Waals surface area contributed by atoms with Gasteiger partial charge >= 0.3 is 0 Å². The van der Waals surface area contributed by atoms with E-state index in [-0.39, 0.29) is 16.7 Å². The Hall–Kier alpha value is -1.48. The Balaban J connectivity index is 1.59. The van der Waals surface area contributed by atoms with Gasteiger partial charge in [0.15, 0.2) is 0 Å². The van der Waals surface area contributed by atoms with Gasteiger partial charge in [-0.3, -0.25) is 4.79 Å². The van der Waals surface area contributed by atoms with Crippen LogP contribution in [0.1, 0.15) is 42.8 Å². The van der Waals surface area contributed by atoms with Crippen molar-refractivity contribution in [2.75, 3.05) is 13.1 Å². The van der Waals surface area contributed by atoms with Crippen LogP contribution in [0, 0.1) is 0 Å². The predicted octanol–water partition coefficient (Wildman–Crippen LogP) is 3.39. The summed E-state index contributed by atoms with van der Waals surface area (Å²) in [6.07, 6.45) is 1.93. The molecule has 0 saturated carbocycles. The van der Waals surface area contributed by atoms with Gasteiger partial charge in [-0.2, -0.15) is 4.31 Å². The highest BCUT2D eigenvalue weighted by Crippen LogP contribution is 2.32. The molecule has 1 fully saturated rings. The Morgan fingerprint density at radius 1 is 1.30 bits per heavy atom. The molecule has 0 spiro atoms. The van der Waals surface area contributed by atoms with E-state index in [1.54, 1.807) is 35.6 Å². The molecule has 0 unspecified atom stereocenters. The smallest absolute Gasteiger partial charge is 0.243 e. The second-order valence-corrected chi connectivity index (χ2v) is 9.70. The highest BCUT2D eigenvalue weighted by Gasteiger charge is 2.31. The van der Waals surface area contributed by atoms with Crippen LogP contribution < -0.4 is 5.32 Å². The minimum Gasteiger partial charge on any atom is -0.350 e. The van der Waals surface area contributed by atoms with Crippen LogP contribution in [0.15, 0.2) is 34.5 Å². The first-order valence-corrected chi connectivity index (χ1v) is 11.6. The van der Waals surface area contributed by atoms with Crippen LogP contribution in [0.4, 0.5) is 0 Å². The second-order valence-electron chi connectivity index (χ2n) is 6.44. The summed E-state index contributed by atoms with van der Waals surface area (Å²) >= 11 is 7.42. The molecule has 9 heteroatoms. The monoisotopic (exact) mass is 427 g/mol. The number of carbonyl (C=O) groups is 1. The Bertz CT molecular complexity index is 889. The minimum absolute atomic E-state index is 0.00487. The number of carbonyl (C=O) groups excluding carboxylic acids is 1. The maximum Gasteiger partial charge on any atom is 0.243 e. The van der Waals surface area contributed by atoms with Crippen molar-refractivity contribution < 1.29 is 13.2 Å². The number of nitrogens with one attached hydrogen (secondary N) is 1. The number of thiazole rings is 1. The number of hydrogen-bond donors (Lipinski definition) is 1. The number of amides is 1. The van der Waals surface area contributed by atoms with Crippen molar-refractivity contribution in [3.8, 4) is 0 Å². The Labute approximate surface area is 168 Å². The molecule has 1 aliphatic rings. The fourth-order valence-electron chi connectivity index (χ4n) is 3.00. The summed E-state index contributed by atoms with van der Waals surface area (Å²) in [6, 6.07) is 6.27. The van der Waals surface area contributed by atoms with E-state index in [1.807, 2.05) is 12.3 Å². The minimum atomic E-state index is -3.49. The molecule has 27 heavy (non-hydrogen) atoms. The van der Waals surface area contributed by atoms with Gasteiger partial charge in [-0.15, -0.1) is 11.3 Å². The molecular formula is C18H22ClN3O3S2. The van der Waals surface area contributed by atoms with Crippen LogP contribution in [-0.4, -0.2) is 36.7 Å². The quantitative estimate of drug-likeness (QED) is 0.766. The lowest BCUT2D eigenvalue weighted by Gasteiger charge is -2.30. The highest BCUT2D eigenvalue weighted by atomic mass is 35.5. The van der Waals surface area contributed by atoms with E-state index in [1.165, 1.54) is 4.31 Å². The SMILES string of the molecule is CCC(=O)NCc1csc(C2CCN(S(=O)(=O)c3ccc(Cl)cc3)CC2)n1. The lowest BCUT2D eigenvalue weighted by molar-refractivity contribution is -0.120. The molecule has 2 aromatic rings. The van der Waals surface area contributed by atoms with E-state index < -0.39 is 10.0 Å². The molecule has 0 bridgehead atoms. The van der Waals surface area contributed by atoms with E-state index in [0.717, 1.165) is 23.5 Å². The number of rotatable bonds is 6. The summed E-state index contributed by atoms with van der Waals surface area (Å²) in [5.74, 6) is 0.257. The molecule has 0 atom stereocenters. The zero-order chi connectivity index (χ0) is 19.4. The largest absolute Gasteiger partial charge is 0.350 e. The zero-order valence-electron chi connectivity index (χ0n) is 15.0. The standard InChI is InChI=1S/C18H22ClN3O3S2/c1-2-17(23)20-11-15-12-26-18(21-15)13-7-9-22(10-8-13)27(24,25)16-5-3-14(19)4-6-16/h3-6,12-13H,2,7-11H2,1H3,(H,20,23). The van der Waals surface area contributed by atoms with Gasteiger partial charge in [0, 0.05) is 35.8 Å². The average molecular weight is 428 g/mol. The predicted molar refractivity (Wildman–Crippen MR) is 106 cm³/mol.